The maximum Gasteiger partial charge on any atom is 0.283 e. The Labute approximate surface area is 190 Å². The molecule has 2 aromatic rings. The van der Waals surface area contributed by atoms with Gasteiger partial charge in [0.15, 0.2) is 5.78 Å². The molecule has 3 heterocycles. The molecule has 4 atom stereocenters. The molecule has 1 aromatic heterocycles. The van der Waals surface area contributed by atoms with Crippen molar-refractivity contribution in [1.82, 2.24) is 9.97 Å². The van der Waals surface area contributed by atoms with Crippen molar-refractivity contribution in [2.45, 2.75) is 44.9 Å². The molecule has 0 saturated carbocycles. The minimum atomic E-state index is -1.04. The van der Waals surface area contributed by atoms with Gasteiger partial charge in [0.25, 0.3) is 6.02 Å². The lowest BCUT2D eigenvalue weighted by atomic mass is 9.71. The number of aliphatic imine (C=N–C) groups is 1. The average Bonchev–Trinajstić information content (AvgIpc) is 3.20. The summed E-state index contributed by atoms with van der Waals surface area (Å²) >= 11 is 0. The van der Waals surface area contributed by atoms with Gasteiger partial charge in [0, 0.05) is 12.0 Å². The van der Waals surface area contributed by atoms with Gasteiger partial charge >= 0.3 is 0 Å². The molecule has 0 spiro atoms. The number of ether oxygens (including phenoxy) is 3. The number of carbonyl (C=O) groups is 1. The quantitative estimate of drug-likeness (QED) is 0.633. The van der Waals surface area contributed by atoms with E-state index in [4.69, 9.17) is 15.2 Å². The summed E-state index contributed by atoms with van der Waals surface area (Å²) in [5.74, 6) is -0.886. The Hall–Kier alpha value is -3.14. The van der Waals surface area contributed by atoms with Gasteiger partial charge < -0.3 is 19.9 Å². The van der Waals surface area contributed by atoms with Crippen LogP contribution in [0.5, 0.6) is 5.88 Å². The molecule has 2 aliphatic heterocycles. The minimum absolute atomic E-state index is 0.0153. The van der Waals surface area contributed by atoms with Gasteiger partial charge in [-0.15, -0.1) is 0 Å². The number of Topliss-reactive ketones (excluding diaryl/α,β-unsaturated/α-hetero) is 1. The van der Waals surface area contributed by atoms with E-state index < -0.39 is 18.2 Å². The normalized spacial score (nSPS) is 26.5. The van der Waals surface area contributed by atoms with E-state index >= 15 is 4.39 Å². The SMILES string of the molecule is CC(C)[C@@H]1OC[C@H]2OC(N)=N[C@](C)(c3cc(CC(=O)c4cnc(OCF)cn4)ccc3F)[C@H]21. The van der Waals surface area contributed by atoms with Crippen LogP contribution in [0.3, 0.4) is 0 Å². The number of alkyl halides is 1. The van der Waals surface area contributed by atoms with Crippen molar-refractivity contribution < 1.29 is 27.8 Å². The first-order valence-corrected chi connectivity index (χ1v) is 10.7. The zero-order valence-corrected chi connectivity index (χ0v) is 18.6. The van der Waals surface area contributed by atoms with Crippen molar-refractivity contribution >= 4 is 11.8 Å². The fraction of sp³-hybridized carbons (Fsp3) is 0.478. The van der Waals surface area contributed by atoms with Crippen LogP contribution in [0.15, 0.2) is 35.6 Å². The number of aromatic nitrogens is 2. The van der Waals surface area contributed by atoms with Crippen LogP contribution in [-0.2, 0) is 21.4 Å². The number of amidine groups is 1. The van der Waals surface area contributed by atoms with Crippen LogP contribution in [0, 0.1) is 17.7 Å². The third-order valence-electron chi connectivity index (χ3n) is 6.19. The van der Waals surface area contributed by atoms with E-state index in [1.807, 2.05) is 20.8 Å². The Morgan fingerprint density at radius 1 is 1.33 bits per heavy atom. The van der Waals surface area contributed by atoms with E-state index in [0.717, 1.165) is 0 Å². The summed E-state index contributed by atoms with van der Waals surface area (Å²) in [6.45, 7) is 5.20. The highest BCUT2D eigenvalue weighted by atomic mass is 19.1. The minimum Gasteiger partial charge on any atom is -0.459 e. The number of benzene rings is 1. The first-order chi connectivity index (χ1) is 15.7. The Balaban J connectivity index is 1.65. The number of carbonyl (C=O) groups excluding carboxylic acids is 1. The molecule has 176 valence electrons. The molecule has 0 bridgehead atoms. The summed E-state index contributed by atoms with van der Waals surface area (Å²) < 4.78 is 43.6. The number of halogens is 2. The number of hydrogen-bond donors (Lipinski definition) is 1. The third kappa shape index (κ3) is 4.39. The van der Waals surface area contributed by atoms with Gasteiger partial charge in [-0.1, -0.05) is 19.9 Å². The largest absolute Gasteiger partial charge is 0.459 e. The molecule has 0 radical (unpaired) electrons. The van der Waals surface area contributed by atoms with E-state index in [2.05, 4.69) is 19.7 Å². The van der Waals surface area contributed by atoms with Crippen molar-refractivity contribution in [2.75, 3.05) is 13.5 Å². The van der Waals surface area contributed by atoms with E-state index in [0.29, 0.717) is 17.7 Å². The maximum atomic E-state index is 15.1. The molecule has 8 nitrogen and oxygen atoms in total. The number of nitrogens with two attached hydrogens (primary N) is 1. The second-order valence-corrected chi connectivity index (χ2v) is 8.73. The maximum absolute atomic E-state index is 15.1. The molecular formula is C23H26F2N4O4. The first-order valence-electron chi connectivity index (χ1n) is 10.7. The number of hydrogen-bond acceptors (Lipinski definition) is 8. The summed E-state index contributed by atoms with van der Waals surface area (Å²) in [5, 5.41) is 0. The monoisotopic (exact) mass is 460 g/mol. The van der Waals surface area contributed by atoms with Gasteiger partial charge in [0.05, 0.1) is 31.0 Å². The lowest BCUT2D eigenvalue weighted by Crippen LogP contribution is -2.50. The van der Waals surface area contributed by atoms with Crippen molar-refractivity contribution in [3.05, 3.63) is 53.2 Å². The zero-order chi connectivity index (χ0) is 23.8. The number of rotatable bonds is 7. The summed E-state index contributed by atoms with van der Waals surface area (Å²) in [6, 6.07) is 4.49. The van der Waals surface area contributed by atoms with E-state index in [1.165, 1.54) is 18.5 Å². The van der Waals surface area contributed by atoms with E-state index in [9.17, 15) is 9.18 Å². The second kappa shape index (κ2) is 9.01. The molecular weight excluding hydrogens is 434 g/mol. The predicted molar refractivity (Wildman–Crippen MR) is 115 cm³/mol. The van der Waals surface area contributed by atoms with Crippen molar-refractivity contribution in [3.63, 3.8) is 0 Å². The molecule has 4 rings (SSSR count). The Morgan fingerprint density at radius 3 is 2.79 bits per heavy atom. The van der Waals surface area contributed by atoms with Crippen LogP contribution in [0.25, 0.3) is 0 Å². The van der Waals surface area contributed by atoms with Gasteiger partial charge in [-0.05, 0) is 30.5 Å². The van der Waals surface area contributed by atoms with Gasteiger partial charge in [0.2, 0.25) is 12.7 Å². The highest BCUT2D eigenvalue weighted by molar-refractivity contribution is 5.95. The topological polar surface area (TPSA) is 109 Å². The molecule has 33 heavy (non-hydrogen) atoms. The van der Waals surface area contributed by atoms with Gasteiger partial charge in [-0.2, -0.15) is 0 Å². The fourth-order valence-electron chi connectivity index (χ4n) is 4.68. The molecule has 2 N–H and O–H groups in total. The Kier molecular flexibility index (Phi) is 6.29. The third-order valence-corrected chi connectivity index (χ3v) is 6.19. The summed E-state index contributed by atoms with van der Waals surface area (Å²) in [7, 11) is 0. The molecule has 0 unspecified atom stereocenters. The molecule has 0 amide bonds. The fourth-order valence-corrected chi connectivity index (χ4v) is 4.68. The highest BCUT2D eigenvalue weighted by Crippen LogP contribution is 2.47. The highest BCUT2D eigenvalue weighted by Gasteiger charge is 2.55. The van der Waals surface area contributed by atoms with E-state index in [1.54, 1.807) is 12.1 Å². The van der Waals surface area contributed by atoms with Crippen molar-refractivity contribution in [1.29, 1.82) is 0 Å². The Morgan fingerprint density at radius 2 is 2.12 bits per heavy atom. The zero-order valence-electron chi connectivity index (χ0n) is 18.6. The van der Waals surface area contributed by atoms with Gasteiger partial charge in [-0.25, -0.2) is 23.7 Å². The first kappa shape index (κ1) is 23.0. The van der Waals surface area contributed by atoms with Crippen LogP contribution in [0.1, 0.15) is 42.4 Å². The van der Waals surface area contributed by atoms with Crippen LogP contribution >= 0.6 is 0 Å². The molecule has 1 saturated heterocycles. The summed E-state index contributed by atoms with van der Waals surface area (Å²) in [5.41, 5.74) is 5.91. The molecule has 10 heteroatoms. The van der Waals surface area contributed by atoms with Gasteiger partial charge in [0.1, 0.15) is 23.2 Å². The molecule has 2 aliphatic rings. The van der Waals surface area contributed by atoms with Crippen LogP contribution in [0.2, 0.25) is 0 Å². The molecule has 0 aliphatic carbocycles. The number of ketones is 1. The summed E-state index contributed by atoms with van der Waals surface area (Å²) in [6.07, 6.45) is 1.83. The van der Waals surface area contributed by atoms with Crippen LogP contribution in [-0.4, -0.2) is 47.4 Å². The van der Waals surface area contributed by atoms with Crippen LogP contribution in [0.4, 0.5) is 8.78 Å². The smallest absolute Gasteiger partial charge is 0.283 e. The van der Waals surface area contributed by atoms with Crippen molar-refractivity contribution in [3.8, 4) is 5.88 Å². The predicted octanol–water partition coefficient (Wildman–Crippen LogP) is 2.95. The molecule has 1 fully saturated rings. The van der Waals surface area contributed by atoms with Crippen LogP contribution < -0.4 is 10.5 Å². The number of nitrogens with zero attached hydrogens (tertiary/aromatic N) is 3. The van der Waals surface area contributed by atoms with E-state index in [-0.39, 0.29) is 53.8 Å². The standard InChI is InChI=1S/C23H26F2N4O4/c1-12(2)21-20-18(10-31-21)33-22(26)29-23(20,3)14-6-13(4-5-15(14)25)7-17(30)16-8-28-19(9-27-16)32-11-24/h4-6,8-9,12,18,20-21H,7,10-11H2,1-3H3,(H2,26,29)/t18-,20-,21+,23-/m1/s1. The lowest BCUT2D eigenvalue weighted by molar-refractivity contribution is 0.0266. The average molecular weight is 460 g/mol. The second-order valence-electron chi connectivity index (χ2n) is 8.73. The van der Waals surface area contributed by atoms with Gasteiger partial charge in [-0.3, -0.25) is 4.79 Å². The lowest BCUT2D eigenvalue weighted by Gasteiger charge is -2.42. The number of fused-ring (bicyclic) bond motifs is 1. The molecule has 1 aromatic carbocycles. The van der Waals surface area contributed by atoms with Crippen molar-refractivity contribution in [2.24, 2.45) is 22.6 Å². The Bertz CT molecular complexity index is 1060. The summed E-state index contributed by atoms with van der Waals surface area (Å²) in [4.78, 5) is 25.1.